The molecule has 198 valence electrons. The molecule has 1 aromatic rings. The molecule has 3 nitrogen and oxygen atoms in total. The Bertz CT molecular complexity index is 722. The monoisotopic (exact) mass is 500 g/mol. The second kappa shape index (κ2) is 16.4. The third-order valence-corrected chi connectivity index (χ3v) is 7.99. The molecule has 35 heavy (non-hydrogen) atoms. The summed E-state index contributed by atoms with van der Waals surface area (Å²) in [5, 5.41) is 0. The van der Waals surface area contributed by atoms with Gasteiger partial charge in [0.2, 0.25) is 0 Å². The van der Waals surface area contributed by atoms with E-state index in [1.54, 1.807) is 0 Å². The van der Waals surface area contributed by atoms with Crippen LogP contribution in [0.15, 0.2) is 42.5 Å². The van der Waals surface area contributed by atoms with E-state index >= 15 is 0 Å². The van der Waals surface area contributed by atoms with Gasteiger partial charge >= 0.3 is 0 Å². The summed E-state index contributed by atoms with van der Waals surface area (Å²) in [5.74, 6) is 2.44. The van der Waals surface area contributed by atoms with Crippen molar-refractivity contribution in [2.45, 2.75) is 124 Å². The van der Waals surface area contributed by atoms with Crippen LogP contribution in [0.1, 0.15) is 104 Å². The Kier molecular flexibility index (Phi) is 14.0. The smallest absolute Gasteiger partial charge is 0.190 e. The minimum atomic E-state index is -1.13. The van der Waals surface area contributed by atoms with E-state index in [0.29, 0.717) is 17.6 Å². The number of Topliss-reactive ketones (excluding diaryl/α,β-unsaturated/α-hetero) is 1. The van der Waals surface area contributed by atoms with Gasteiger partial charge in [0.15, 0.2) is 15.3 Å². The minimum absolute atomic E-state index is 0.0989. The van der Waals surface area contributed by atoms with E-state index in [1.807, 2.05) is 30.3 Å². The molecular weight excluding hydrogens is 448 g/mol. The molecule has 2 rings (SSSR count). The Morgan fingerprint density at radius 2 is 1.60 bits per heavy atom. The van der Waals surface area contributed by atoms with Crippen molar-refractivity contribution in [3.8, 4) is 5.75 Å². The number of benzene rings is 1. The molecular formula is C31H52O3Si. The molecule has 3 unspecified atom stereocenters. The Balaban J connectivity index is 1.59. The highest BCUT2D eigenvalue weighted by molar-refractivity contribution is 6.48. The average Bonchev–Trinajstić information content (AvgIpc) is 2.79. The number of carbonyl (C=O) groups is 1. The van der Waals surface area contributed by atoms with Crippen molar-refractivity contribution in [2.75, 3.05) is 0 Å². The summed E-state index contributed by atoms with van der Waals surface area (Å²) in [5.41, 5.74) is 0.286. The molecule has 0 heterocycles. The topological polar surface area (TPSA) is 35.5 Å². The number of unbranched alkanes of at least 4 members (excludes halogenated alkanes) is 6. The van der Waals surface area contributed by atoms with Crippen LogP contribution < -0.4 is 4.74 Å². The maximum absolute atomic E-state index is 11.8. The molecule has 1 saturated carbocycles. The maximum Gasteiger partial charge on any atom is 0.190 e. The summed E-state index contributed by atoms with van der Waals surface area (Å²) in [7, 11) is -1.13. The highest BCUT2D eigenvalue weighted by Gasteiger charge is 2.23. The van der Waals surface area contributed by atoms with Crippen molar-refractivity contribution in [2.24, 2.45) is 17.3 Å². The van der Waals surface area contributed by atoms with Crippen molar-refractivity contribution in [3.63, 3.8) is 0 Å². The lowest BCUT2D eigenvalue weighted by atomic mass is 9.76. The number of para-hydroxylation sites is 1. The molecule has 3 atom stereocenters. The highest BCUT2D eigenvalue weighted by atomic mass is 28.3. The molecule has 0 aromatic heterocycles. The van der Waals surface area contributed by atoms with E-state index in [-0.39, 0.29) is 11.7 Å². The lowest BCUT2D eigenvalue weighted by molar-refractivity contribution is -0.121. The Labute approximate surface area is 217 Å². The number of ketones is 1. The van der Waals surface area contributed by atoms with E-state index in [9.17, 15) is 4.79 Å². The fraction of sp³-hybridized carbons (Fsp3) is 0.710. The zero-order valence-corrected chi connectivity index (χ0v) is 24.4. The average molecular weight is 501 g/mol. The quantitative estimate of drug-likeness (QED) is 0.0983. The number of allylic oxidation sites excluding steroid dienone is 2. The molecule has 0 spiro atoms. The summed E-state index contributed by atoms with van der Waals surface area (Å²) in [6, 6.07) is 10.1. The van der Waals surface area contributed by atoms with E-state index < -0.39 is 9.04 Å². The van der Waals surface area contributed by atoms with Crippen LogP contribution in [0.2, 0.25) is 13.1 Å². The first-order valence-corrected chi connectivity index (χ1v) is 17.1. The van der Waals surface area contributed by atoms with Gasteiger partial charge in [-0.3, -0.25) is 4.79 Å². The van der Waals surface area contributed by atoms with Crippen LogP contribution in [0, 0.1) is 17.3 Å². The van der Waals surface area contributed by atoms with Crippen LogP contribution in [-0.2, 0) is 9.22 Å². The summed E-state index contributed by atoms with van der Waals surface area (Å²) < 4.78 is 12.2. The van der Waals surface area contributed by atoms with Gasteiger partial charge in [-0.15, -0.1) is 0 Å². The summed E-state index contributed by atoms with van der Waals surface area (Å²) >= 11 is 0. The summed E-state index contributed by atoms with van der Waals surface area (Å²) in [4.78, 5) is 11.8. The van der Waals surface area contributed by atoms with Crippen LogP contribution in [0.3, 0.4) is 0 Å². The van der Waals surface area contributed by atoms with Crippen molar-refractivity contribution < 1.29 is 14.0 Å². The summed E-state index contributed by atoms with van der Waals surface area (Å²) in [6.45, 7) is 11.5. The van der Waals surface area contributed by atoms with Crippen LogP contribution in [-0.4, -0.2) is 21.1 Å². The lowest BCUT2D eigenvalue weighted by Crippen LogP contribution is -2.26. The molecule has 0 aliphatic heterocycles. The van der Waals surface area contributed by atoms with Crippen LogP contribution in [0.25, 0.3) is 0 Å². The van der Waals surface area contributed by atoms with Gasteiger partial charge in [0.25, 0.3) is 0 Å². The largest absolute Gasteiger partial charge is 0.466 e. The number of hydrogen-bond acceptors (Lipinski definition) is 3. The maximum atomic E-state index is 11.8. The SMILES string of the molecule is C[SiH](C)OC(CCCCCCCCCC(C=CC1CCCC(=O)C1)C(C)(C)C)Oc1ccccc1. The Hall–Kier alpha value is -1.39. The predicted octanol–water partition coefficient (Wildman–Crippen LogP) is 8.88. The number of hydrogen-bond donors (Lipinski definition) is 0. The highest BCUT2D eigenvalue weighted by Crippen LogP contribution is 2.33. The van der Waals surface area contributed by atoms with E-state index in [0.717, 1.165) is 31.4 Å². The molecule has 0 saturated heterocycles. The van der Waals surface area contributed by atoms with Crippen molar-refractivity contribution in [1.29, 1.82) is 0 Å². The lowest BCUT2D eigenvalue weighted by Gasteiger charge is -2.29. The van der Waals surface area contributed by atoms with Crippen LogP contribution in [0.5, 0.6) is 5.75 Å². The fourth-order valence-electron chi connectivity index (χ4n) is 5.00. The molecule has 1 fully saturated rings. The van der Waals surface area contributed by atoms with Crippen molar-refractivity contribution >= 4 is 14.8 Å². The molecule has 1 aliphatic rings. The van der Waals surface area contributed by atoms with Gasteiger partial charge in [-0.25, -0.2) is 0 Å². The van der Waals surface area contributed by atoms with Gasteiger partial charge in [0, 0.05) is 19.3 Å². The standard InChI is InChI=1S/C31H52O3Si/c1-31(2,3)27(24-23-26-17-16-19-28(32)25-26)18-12-9-7-6-8-10-15-22-30(34-35(4)5)33-29-20-13-11-14-21-29/h11,13-14,20-21,23-24,26-27,30,35H,6-10,12,15-19,22,25H2,1-5H3. The van der Waals surface area contributed by atoms with E-state index in [4.69, 9.17) is 9.16 Å². The molecule has 0 amide bonds. The van der Waals surface area contributed by atoms with Gasteiger partial charge in [0.1, 0.15) is 11.5 Å². The van der Waals surface area contributed by atoms with Crippen LogP contribution >= 0.6 is 0 Å². The second-order valence-electron chi connectivity index (χ2n) is 11.9. The third kappa shape index (κ3) is 13.5. The number of carbonyl (C=O) groups excluding carboxylic acids is 1. The first-order chi connectivity index (χ1) is 16.7. The number of ether oxygens (including phenoxy) is 1. The molecule has 4 heteroatoms. The molecule has 1 aromatic carbocycles. The first kappa shape index (κ1) is 29.8. The number of rotatable bonds is 16. The Morgan fingerprint density at radius 1 is 0.971 bits per heavy atom. The van der Waals surface area contributed by atoms with Gasteiger partial charge in [0.05, 0.1) is 0 Å². The minimum Gasteiger partial charge on any atom is -0.466 e. The van der Waals surface area contributed by atoms with Gasteiger partial charge in [-0.2, -0.15) is 0 Å². The third-order valence-electron chi connectivity index (χ3n) is 7.14. The zero-order chi connectivity index (χ0) is 25.5. The van der Waals surface area contributed by atoms with Gasteiger partial charge < -0.3 is 9.16 Å². The van der Waals surface area contributed by atoms with Crippen LogP contribution in [0.4, 0.5) is 0 Å². The van der Waals surface area contributed by atoms with Gasteiger partial charge in [-0.1, -0.05) is 89.6 Å². The molecule has 0 N–H and O–H groups in total. The first-order valence-electron chi connectivity index (χ1n) is 14.3. The van der Waals surface area contributed by atoms with E-state index in [1.165, 1.54) is 57.8 Å². The van der Waals surface area contributed by atoms with E-state index in [2.05, 4.69) is 46.0 Å². The Morgan fingerprint density at radius 3 is 2.20 bits per heavy atom. The van der Waals surface area contributed by atoms with Crippen molar-refractivity contribution in [3.05, 3.63) is 42.5 Å². The fourth-order valence-corrected chi connectivity index (χ4v) is 5.80. The van der Waals surface area contributed by atoms with Gasteiger partial charge in [-0.05, 0) is 68.2 Å². The summed E-state index contributed by atoms with van der Waals surface area (Å²) in [6.07, 6.45) is 19.8. The molecule has 0 bridgehead atoms. The zero-order valence-electron chi connectivity index (χ0n) is 23.3. The normalized spacial score (nSPS) is 18.8. The molecule has 1 aliphatic carbocycles. The second-order valence-corrected chi connectivity index (χ2v) is 14.2. The van der Waals surface area contributed by atoms with Crippen molar-refractivity contribution in [1.82, 2.24) is 0 Å². The molecule has 0 radical (unpaired) electrons. The predicted molar refractivity (Wildman–Crippen MR) is 151 cm³/mol.